The smallest absolute Gasteiger partial charge is 0.328 e. The second-order valence-corrected chi connectivity index (χ2v) is 7.46. The third-order valence-electron chi connectivity index (χ3n) is 4.18. The van der Waals surface area contributed by atoms with Gasteiger partial charge in [0.25, 0.3) is 0 Å². The summed E-state index contributed by atoms with van der Waals surface area (Å²) < 4.78 is 0. The van der Waals surface area contributed by atoms with Gasteiger partial charge in [-0.15, -0.1) is 11.3 Å². The van der Waals surface area contributed by atoms with E-state index in [4.69, 9.17) is 16.7 Å². The zero-order valence-corrected chi connectivity index (χ0v) is 16.8. The van der Waals surface area contributed by atoms with Crippen molar-refractivity contribution in [2.45, 2.75) is 0 Å². The number of carbonyl (C=O) groups excluding carboxylic acids is 1. The maximum atomic E-state index is 12.5. The van der Waals surface area contributed by atoms with Gasteiger partial charge in [0.15, 0.2) is 5.01 Å². The Bertz CT molecular complexity index is 1290. The van der Waals surface area contributed by atoms with E-state index in [0.29, 0.717) is 38.2 Å². The quantitative estimate of drug-likeness (QED) is 0.330. The molecule has 0 fully saturated rings. The van der Waals surface area contributed by atoms with Crippen molar-refractivity contribution in [3.8, 4) is 0 Å². The van der Waals surface area contributed by atoms with Crippen LogP contribution in [0, 0.1) is 0 Å². The Labute approximate surface area is 179 Å². The van der Waals surface area contributed by atoms with Crippen molar-refractivity contribution in [3.05, 3.63) is 81.5 Å². The van der Waals surface area contributed by atoms with Gasteiger partial charge in [-0.2, -0.15) is 0 Å². The number of carboxylic acids is 1. The number of thiazole rings is 1. The van der Waals surface area contributed by atoms with Crippen LogP contribution in [0.4, 0.5) is 11.5 Å². The minimum atomic E-state index is -1.02. The van der Waals surface area contributed by atoms with E-state index in [1.165, 1.54) is 23.7 Å². The summed E-state index contributed by atoms with van der Waals surface area (Å²) in [5.41, 5.74) is 2.40. The number of rotatable bonds is 6. The second kappa shape index (κ2) is 8.40. The van der Waals surface area contributed by atoms with Crippen LogP contribution >= 0.6 is 22.9 Å². The summed E-state index contributed by atoms with van der Waals surface area (Å²) in [6, 6.07) is 10.4. The van der Waals surface area contributed by atoms with E-state index in [-0.39, 0.29) is 5.78 Å². The first-order valence-electron chi connectivity index (χ1n) is 8.68. The van der Waals surface area contributed by atoms with Gasteiger partial charge < -0.3 is 10.4 Å². The fraction of sp³-hybridized carbons (Fsp3) is 0. The highest BCUT2D eigenvalue weighted by Gasteiger charge is 2.16. The first kappa shape index (κ1) is 19.7. The molecule has 0 aliphatic rings. The highest BCUT2D eigenvalue weighted by atomic mass is 35.5. The Hall–Kier alpha value is -3.62. The molecule has 0 aliphatic carbocycles. The molecule has 148 valence electrons. The fourth-order valence-corrected chi connectivity index (χ4v) is 3.67. The van der Waals surface area contributed by atoms with E-state index in [9.17, 15) is 9.59 Å². The first-order valence-corrected chi connectivity index (χ1v) is 9.93. The summed E-state index contributed by atoms with van der Waals surface area (Å²) in [6.07, 6.45) is 5.55. The molecule has 0 saturated heterocycles. The van der Waals surface area contributed by atoms with Crippen molar-refractivity contribution >= 4 is 63.2 Å². The Balaban J connectivity index is 1.62. The lowest BCUT2D eigenvalue weighted by molar-refractivity contribution is -0.131. The lowest BCUT2D eigenvalue weighted by Gasteiger charge is -2.10. The topological polar surface area (TPSA) is 105 Å². The molecule has 9 heteroatoms. The maximum Gasteiger partial charge on any atom is 0.328 e. The number of nitrogens with zero attached hydrogens (tertiary/aromatic N) is 3. The molecule has 4 aromatic rings. The van der Waals surface area contributed by atoms with Crippen molar-refractivity contribution < 1.29 is 14.7 Å². The molecule has 4 rings (SSSR count). The molecule has 2 N–H and O–H groups in total. The van der Waals surface area contributed by atoms with Gasteiger partial charge in [0.2, 0.25) is 5.78 Å². The predicted molar refractivity (Wildman–Crippen MR) is 116 cm³/mol. The van der Waals surface area contributed by atoms with Crippen LogP contribution in [-0.4, -0.2) is 31.8 Å². The minimum absolute atomic E-state index is 0.226. The summed E-state index contributed by atoms with van der Waals surface area (Å²) in [5, 5.41) is 15.1. The summed E-state index contributed by atoms with van der Waals surface area (Å²) in [4.78, 5) is 35.7. The molecule has 2 aromatic carbocycles. The zero-order valence-electron chi connectivity index (χ0n) is 15.2. The molecule has 2 heterocycles. The predicted octanol–water partition coefficient (Wildman–Crippen LogP) is 4.81. The number of nitrogens with one attached hydrogen (secondary N) is 1. The Morgan fingerprint density at radius 2 is 1.97 bits per heavy atom. The van der Waals surface area contributed by atoms with Gasteiger partial charge in [-0.1, -0.05) is 17.7 Å². The number of fused-ring (bicyclic) bond motifs is 1. The standard InChI is InChI=1S/C21H13ClN4O3S/c22-16-10-13(3-5-14(16)19(29)21-23-7-8-30-21)26-20-15-4-1-12(2-6-18(27)28)9-17(15)24-11-25-20/h1-11H,(H,27,28)(H,24,25,26). The van der Waals surface area contributed by atoms with Crippen LogP contribution < -0.4 is 5.32 Å². The molecule has 0 unspecified atom stereocenters. The molecule has 2 aromatic heterocycles. The van der Waals surface area contributed by atoms with Gasteiger partial charge in [-0.3, -0.25) is 4.79 Å². The van der Waals surface area contributed by atoms with Crippen molar-refractivity contribution in [3.63, 3.8) is 0 Å². The summed E-state index contributed by atoms with van der Waals surface area (Å²) in [6.45, 7) is 0. The highest BCUT2D eigenvalue weighted by molar-refractivity contribution is 7.11. The molecule has 0 spiro atoms. The minimum Gasteiger partial charge on any atom is -0.478 e. The second-order valence-electron chi connectivity index (χ2n) is 6.16. The van der Waals surface area contributed by atoms with Gasteiger partial charge in [0.1, 0.15) is 12.1 Å². The molecule has 0 saturated carbocycles. The molecule has 0 radical (unpaired) electrons. The zero-order chi connectivity index (χ0) is 21.1. The number of aliphatic carboxylic acids is 1. The van der Waals surface area contributed by atoms with E-state index in [0.717, 1.165) is 11.5 Å². The maximum absolute atomic E-state index is 12.5. The Morgan fingerprint density at radius 1 is 1.10 bits per heavy atom. The number of carboxylic acid groups (broad SMARTS) is 1. The van der Waals surface area contributed by atoms with Crippen molar-refractivity contribution in [2.24, 2.45) is 0 Å². The van der Waals surface area contributed by atoms with E-state index < -0.39 is 5.97 Å². The molecular formula is C21H13ClN4O3S. The van der Waals surface area contributed by atoms with Gasteiger partial charge in [-0.05, 0) is 42.0 Å². The number of benzene rings is 2. The Kier molecular flexibility index (Phi) is 5.51. The normalized spacial score (nSPS) is 11.1. The van der Waals surface area contributed by atoms with Gasteiger partial charge in [0, 0.05) is 34.3 Å². The SMILES string of the molecule is O=C(O)C=Cc1ccc2c(Nc3ccc(C(=O)c4nccs4)c(Cl)c3)ncnc2c1. The number of ketones is 1. The van der Waals surface area contributed by atoms with Crippen LogP contribution in [0.5, 0.6) is 0 Å². The van der Waals surface area contributed by atoms with Crippen molar-refractivity contribution in [1.82, 2.24) is 15.0 Å². The average Bonchev–Trinajstić information content (AvgIpc) is 3.27. The molecule has 30 heavy (non-hydrogen) atoms. The molecule has 0 atom stereocenters. The van der Waals surface area contributed by atoms with Crippen molar-refractivity contribution in [1.29, 1.82) is 0 Å². The third kappa shape index (κ3) is 4.19. The van der Waals surface area contributed by atoms with Crippen LogP contribution in [-0.2, 0) is 4.79 Å². The summed E-state index contributed by atoms with van der Waals surface area (Å²) >= 11 is 7.59. The van der Waals surface area contributed by atoms with Gasteiger partial charge in [-0.25, -0.2) is 19.7 Å². The molecule has 0 amide bonds. The number of hydrogen-bond acceptors (Lipinski definition) is 7. The van der Waals surface area contributed by atoms with Gasteiger partial charge >= 0.3 is 5.97 Å². The third-order valence-corrected chi connectivity index (χ3v) is 5.27. The van der Waals surface area contributed by atoms with E-state index in [2.05, 4.69) is 20.3 Å². The number of carbonyl (C=O) groups is 2. The van der Waals surface area contributed by atoms with E-state index >= 15 is 0 Å². The summed E-state index contributed by atoms with van der Waals surface area (Å²) in [5.74, 6) is -0.686. The van der Waals surface area contributed by atoms with Crippen LogP contribution in [0.3, 0.4) is 0 Å². The molecule has 7 nitrogen and oxygen atoms in total. The van der Waals surface area contributed by atoms with Crippen molar-refractivity contribution in [2.75, 3.05) is 5.32 Å². The number of halogens is 1. The fourth-order valence-electron chi connectivity index (χ4n) is 2.81. The number of anilines is 2. The van der Waals surface area contributed by atoms with Crippen LogP contribution in [0.15, 0.2) is 60.4 Å². The molecule has 0 bridgehead atoms. The summed E-state index contributed by atoms with van der Waals surface area (Å²) in [7, 11) is 0. The Morgan fingerprint density at radius 3 is 2.70 bits per heavy atom. The van der Waals surface area contributed by atoms with Gasteiger partial charge in [0.05, 0.1) is 10.5 Å². The van der Waals surface area contributed by atoms with E-state index in [1.54, 1.807) is 48.0 Å². The number of aromatic nitrogens is 3. The van der Waals surface area contributed by atoms with Crippen LogP contribution in [0.1, 0.15) is 20.9 Å². The lowest BCUT2D eigenvalue weighted by atomic mass is 10.1. The number of hydrogen-bond donors (Lipinski definition) is 2. The lowest BCUT2D eigenvalue weighted by Crippen LogP contribution is -2.02. The monoisotopic (exact) mass is 436 g/mol. The largest absolute Gasteiger partial charge is 0.478 e. The average molecular weight is 437 g/mol. The molecule has 0 aliphatic heterocycles. The van der Waals surface area contributed by atoms with Crippen LogP contribution in [0.25, 0.3) is 17.0 Å². The van der Waals surface area contributed by atoms with E-state index in [1.807, 2.05) is 0 Å². The molecular weight excluding hydrogens is 424 g/mol. The van der Waals surface area contributed by atoms with Crippen LogP contribution in [0.2, 0.25) is 5.02 Å². The first-order chi connectivity index (χ1) is 14.5. The highest BCUT2D eigenvalue weighted by Crippen LogP contribution is 2.28.